The molecule has 1 N–H and O–H groups in total. The summed E-state index contributed by atoms with van der Waals surface area (Å²) in [6.07, 6.45) is 0.781. The number of nitrogens with zero attached hydrogens (tertiary/aromatic N) is 2. The molecule has 0 aliphatic carbocycles. The lowest BCUT2D eigenvalue weighted by atomic mass is 9.93. The van der Waals surface area contributed by atoms with Gasteiger partial charge in [0, 0.05) is 19.6 Å². The zero-order valence-electron chi connectivity index (χ0n) is 15.3. The normalized spacial score (nSPS) is 25.6. The fourth-order valence-electron chi connectivity index (χ4n) is 3.43. The quantitative estimate of drug-likeness (QED) is 0.836. The van der Waals surface area contributed by atoms with Crippen molar-refractivity contribution in [2.45, 2.75) is 44.2 Å². The molecule has 2 aliphatic rings. The van der Waals surface area contributed by atoms with Crippen LogP contribution in [0.2, 0.25) is 0 Å². The van der Waals surface area contributed by atoms with Crippen molar-refractivity contribution in [2.75, 3.05) is 19.6 Å². The van der Waals surface area contributed by atoms with Gasteiger partial charge in [0.05, 0.1) is 4.90 Å². The van der Waals surface area contributed by atoms with Crippen molar-refractivity contribution in [1.29, 1.82) is 0 Å². The number of carbonyl (C=O) groups is 2. The van der Waals surface area contributed by atoms with Crippen LogP contribution < -0.4 is 5.32 Å². The number of hydrogen-bond acceptors (Lipinski definition) is 4. The molecule has 0 bridgehead atoms. The summed E-state index contributed by atoms with van der Waals surface area (Å²) in [5, 5.41) is 2.78. The average Bonchev–Trinajstić information content (AvgIpc) is 2.64. The number of piperazine rings is 2. The first kappa shape index (κ1) is 18.8. The zero-order chi connectivity index (χ0) is 19.1. The van der Waals surface area contributed by atoms with Crippen molar-refractivity contribution in [1.82, 2.24) is 14.5 Å². The van der Waals surface area contributed by atoms with E-state index in [1.165, 1.54) is 9.21 Å². The predicted molar refractivity (Wildman–Crippen MR) is 96.8 cm³/mol. The summed E-state index contributed by atoms with van der Waals surface area (Å²) in [6, 6.07) is 5.35. The Labute approximate surface area is 154 Å². The van der Waals surface area contributed by atoms with Crippen LogP contribution in [0.25, 0.3) is 0 Å². The van der Waals surface area contributed by atoms with Crippen LogP contribution in [0.5, 0.6) is 0 Å². The van der Waals surface area contributed by atoms with Gasteiger partial charge in [-0.3, -0.25) is 9.59 Å². The first-order chi connectivity index (χ1) is 12.3. The maximum Gasteiger partial charge on any atom is 0.246 e. The maximum absolute atomic E-state index is 12.9. The average molecular weight is 379 g/mol. The predicted octanol–water partition coefficient (Wildman–Crippen LogP) is 0.741. The Bertz CT molecular complexity index is 806. The summed E-state index contributed by atoms with van der Waals surface area (Å²) in [5.41, 5.74) is 0.974. The maximum atomic E-state index is 12.9. The molecule has 0 aromatic heterocycles. The van der Waals surface area contributed by atoms with E-state index >= 15 is 0 Å². The summed E-state index contributed by atoms with van der Waals surface area (Å²) < 4.78 is 27.0. The highest BCUT2D eigenvalue weighted by atomic mass is 32.2. The number of nitrogens with one attached hydrogen (secondary N) is 1. The molecule has 1 aromatic carbocycles. The summed E-state index contributed by atoms with van der Waals surface area (Å²) in [7, 11) is -3.69. The van der Waals surface area contributed by atoms with Crippen molar-refractivity contribution in [3.8, 4) is 0 Å². The number of carbonyl (C=O) groups excluding carboxylic acids is 2. The molecule has 0 spiro atoms. The topological polar surface area (TPSA) is 86.8 Å². The van der Waals surface area contributed by atoms with Crippen LogP contribution in [0, 0.1) is 12.8 Å². The number of amides is 2. The number of sulfonamides is 1. The molecule has 2 saturated heterocycles. The van der Waals surface area contributed by atoms with Crippen molar-refractivity contribution in [3.63, 3.8) is 0 Å². The molecular weight excluding hydrogens is 354 g/mol. The van der Waals surface area contributed by atoms with Crippen LogP contribution in [-0.2, 0) is 19.6 Å². The first-order valence-electron chi connectivity index (χ1n) is 8.93. The number of aryl methyl sites for hydroxylation is 1. The van der Waals surface area contributed by atoms with Gasteiger partial charge in [-0.05, 0) is 25.0 Å². The van der Waals surface area contributed by atoms with Crippen LogP contribution in [0.3, 0.4) is 0 Å². The third-order valence-corrected chi connectivity index (χ3v) is 7.24. The highest BCUT2D eigenvalue weighted by Gasteiger charge is 2.46. The van der Waals surface area contributed by atoms with E-state index in [0.29, 0.717) is 0 Å². The molecule has 142 valence electrons. The van der Waals surface area contributed by atoms with Gasteiger partial charge >= 0.3 is 0 Å². The minimum Gasteiger partial charge on any atom is -0.342 e. The lowest BCUT2D eigenvalue weighted by molar-refractivity contribution is -0.153. The third-order valence-electron chi connectivity index (χ3n) is 5.36. The van der Waals surface area contributed by atoms with E-state index in [2.05, 4.69) is 5.32 Å². The van der Waals surface area contributed by atoms with E-state index in [0.717, 1.165) is 12.0 Å². The smallest absolute Gasteiger partial charge is 0.246 e. The van der Waals surface area contributed by atoms with Gasteiger partial charge in [-0.2, -0.15) is 4.31 Å². The fourth-order valence-corrected chi connectivity index (χ4v) is 4.87. The lowest BCUT2D eigenvalue weighted by Crippen LogP contribution is -2.70. The van der Waals surface area contributed by atoms with Gasteiger partial charge in [-0.25, -0.2) is 8.42 Å². The second-order valence-corrected chi connectivity index (χ2v) is 9.03. The molecule has 0 unspecified atom stereocenters. The molecule has 1 aromatic rings. The van der Waals surface area contributed by atoms with E-state index < -0.39 is 22.1 Å². The molecule has 7 nitrogen and oxygen atoms in total. The number of rotatable bonds is 4. The lowest BCUT2D eigenvalue weighted by Gasteiger charge is -2.45. The van der Waals surface area contributed by atoms with Gasteiger partial charge in [-0.1, -0.05) is 38.0 Å². The monoisotopic (exact) mass is 379 g/mol. The molecule has 0 radical (unpaired) electrons. The largest absolute Gasteiger partial charge is 0.342 e. The Morgan fingerprint density at radius 2 is 1.85 bits per heavy atom. The van der Waals surface area contributed by atoms with Crippen molar-refractivity contribution < 1.29 is 18.0 Å². The molecule has 26 heavy (non-hydrogen) atoms. The van der Waals surface area contributed by atoms with E-state index in [4.69, 9.17) is 0 Å². The number of fused-ring (bicyclic) bond motifs is 1. The van der Waals surface area contributed by atoms with Crippen LogP contribution in [0.1, 0.15) is 25.8 Å². The van der Waals surface area contributed by atoms with Gasteiger partial charge in [0.25, 0.3) is 0 Å². The standard InChI is InChI=1S/C18H25N3O4S/c1-4-13(3)16-18(23)21-10-9-20(11-15(21)17(22)19-16)26(24,25)14-7-5-12(2)6-8-14/h5-8,13,15-16H,4,9-11H2,1-3H3,(H,19,22)/t13-,15+,16-/m0/s1. The van der Waals surface area contributed by atoms with Gasteiger partial charge in [0.1, 0.15) is 12.1 Å². The first-order valence-corrected chi connectivity index (χ1v) is 10.4. The Morgan fingerprint density at radius 3 is 2.46 bits per heavy atom. The molecule has 2 fully saturated rings. The van der Waals surface area contributed by atoms with Crippen LogP contribution in [-0.4, -0.2) is 61.2 Å². The van der Waals surface area contributed by atoms with Gasteiger partial charge in [0.2, 0.25) is 21.8 Å². The number of hydrogen-bond donors (Lipinski definition) is 1. The van der Waals surface area contributed by atoms with Crippen molar-refractivity contribution in [2.24, 2.45) is 5.92 Å². The van der Waals surface area contributed by atoms with E-state index in [1.54, 1.807) is 24.3 Å². The molecule has 8 heteroatoms. The minimum absolute atomic E-state index is 0.0129. The molecule has 3 atom stereocenters. The van der Waals surface area contributed by atoms with E-state index in [1.807, 2.05) is 20.8 Å². The third kappa shape index (κ3) is 3.23. The number of benzene rings is 1. The summed E-state index contributed by atoms with van der Waals surface area (Å²) in [5.74, 6) is -0.350. The Hall–Kier alpha value is -1.93. The van der Waals surface area contributed by atoms with Crippen LogP contribution in [0.15, 0.2) is 29.2 Å². The summed E-state index contributed by atoms with van der Waals surface area (Å²) in [6.45, 7) is 6.21. The van der Waals surface area contributed by atoms with Gasteiger partial charge in [-0.15, -0.1) is 0 Å². The Balaban J connectivity index is 1.81. The zero-order valence-corrected chi connectivity index (χ0v) is 16.1. The van der Waals surface area contributed by atoms with E-state index in [-0.39, 0.29) is 42.3 Å². The highest BCUT2D eigenvalue weighted by molar-refractivity contribution is 7.89. The van der Waals surface area contributed by atoms with Crippen molar-refractivity contribution in [3.05, 3.63) is 29.8 Å². The molecular formula is C18H25N3O4S. The van der Waals surface area contributed by atoms with Crippen LogP contribution >= 0.6 is 0 Å². The van der Waals surface area contributed by atoms with E-state index in [9.17, 15) is 18.0 Å². The Kier molecular flexibility index (Phi) is 5.07. The summed E-state index contributed by atoms with van der Waals surface area (Å²) >= 11 is 0. The Morgan fingerprint density at radius 1 is 1.19 bits per heavy atom. The minimum atomic E-state index is -3.69. The fraction of sp³-hybridized carbons (Fsp3) is 0.556. The second kappa shape index (κ2) is 7.00. The van der Waals surface area contributed by atoms with Gasteiger partial charge < -0.3 is 10.2 Å². The van der Waals surface area contributed by atoms with Crippen LogP contribution in [0.4, 0.5) is 0 Å². The summed E-state index contributed by atoms with van der Waals surface area (Å²) in [4.78, 5) is 27.0. The molecule has 3 rings (SSSR count). The highest BCUT2D eigenvalue weighted by Crippen LogP contribution is 2.25. The van der Waals surface area contributed by atoms with Crippen molar-refractivity contribution >= 4 is 21.8 Å². The molecule has 0 saturated carbocycles. The van der Waals surface area contributed by atoms with Gasteiger partial charge in [0.15, 0.2) is 0 Å². The molecule has 2 heterocycles. The SMILES string of the molecule is CC[C@H](C)[C@@H]1NC(=O)[C@H]2CN(S(=O)(=O)c3ccc(C)cc3)CCN2C1=O. The molecule has 2 aliphatic heterocycles. The second-order valence-electron chi connectivity index (χ2n) is 7.10. The molecule has 2 amide bonds.